The molecule has 6 heteroatoms. The van der Waals surface area contributed by atoms with Crippen LogP contribution < -0.4 is 0 Å². The van der Waals surface area contributed by atoms with Crippen molar-refractivity contribution in [3.63, 3.8) is 0 Å². The van der Waals surface area contributed by atoms with Crippen molar-refractivity contribution in [1.82, 2.24) is 0 Å². The minimum absolute atomic E-state index is 0.345. The smallest absolute Gasteiger partial charge is 0.334 e. The van der Waals surface area contributed by atoms with E-state index in [-0.39, 0.29) is 0 Å². The van der Waals surface area contributed by atoms with Crippen molar-refractivity contribution in [1.29, 1.82) is 0 Å². The van der Waals surface area contributed by atoms with E-state index in [9.17, 15) is 5.53 Å². The van der Waals surface area contributed by atoms with Gasteiger partial charge in [-0.05, 0) is 222 Å². The Balaban J connectivity index is 1.04. The summed E-state index contributed by atoms with van der Waals surface area (Å²) in [5, 5.41) is 0. The van der Waals surface area contributed by atoms with Crippen LogP contribution in [0.3, 0.4) is 0 Å². The standard InChI is InChI=1S/C85H54Br4N2/c86-67-51-65(81-77(61-43-23-7-24-44-61)73(57-35-15-3-16-36-57)71(55-31-11-1-12-32-55)74(58-37-17-4-18-38-58)78(81)62-45-25-8-26-46-62)52-68(87)83(67)85(91-90)84-69(88)53-66(54-70(84)89)82-79(63-47-27-9-28-48-63)75(59-39-19-5-20-40-59)72(56-33-13-2-14-34-56)76(60-41-21-6-22-42-60)80(82)64-49-29-10-30-50-64/h1-54H. The molecule has 432 valence electrons. The van der Waals surface area contributed by atoms with E-state index in [0.29, 0.717) is 16.8 Å². The highest BCUT2D eigenvalue weighted by molar-refractivity contribution is 9.11. The van der Waals surface area contributed by atoms with Gasteiger partial charge in [-0.2, -0.15) is 4.79 Å². The van der Waals surface area contributed by atoms with E-state index >= 15 is 0 Å². The monoisotopic (exact) mass is 1420 g/mol. The summed E-state index contributed by atoms with van der Waals surface area (Å²) in [6.45, 7) is 0. The zero-order chi connectivity index (χ0) is 61.8. The van der Waals surface area contributed by atoms with Gasteiger partial charge in [-0.15, -0.1) is 0 Å². The second-order valence-electron chi connectivity index (χ2n) is 22.2. The first kappa shape index (κ1) is 59.0. The molecule has 0 heterocycles. The summed E-state index contributed by atoms with van der Waals surface area (Å²) >= 11 is 16.7. The minimum Gasteiger partial charge on any atom is -0.361 e. The van der Waals surface area contributed by atoms with Crippen LogP contribution in [-0.4, -0.2) is 10.5 Å². The van der Waals surface area contributed by atoms with Crippen molar-refractivity contribution in [3.8, 4) is 134 Å². The molecular weight excluding hydrogens is 1370 g/mol. The predicted molar refractivity (Wildman–Crippen MR) is 396 cm³/mol. The molecule has 0 unspecified atom stereocenters. The van der Waals surface area contributed by atoms with E-state index in [2.05, 4.69) is 396 Å². The lowest BCUT2D eigenvalue weighted by Gasteiger charge is -2.29. The summed E-state index contributed by atoms with van der Waals surface area (Å²) in [5.74, 6) is 0. The molecule has 91 heavy (non-hydrogen) atoms. The van der Waals surface area contributed by atoms with Crippen molar-refractivity contribution in [2.75, 3.05) is 0 Å². The molecule has 0 saturated heterocycles. The normalized spacial score (nSPS) is 11.1. The molecule has 0 amide bonds. The Morgan fingerprint density at radius 2 is 0.308 bits per heavy atom. The van der Waals surface area contributed by atoms with Crippen LogP contribution in [0, 0.1) is 0 Å². The number of hydrogen-bond acceptors (Lipinski definition) is 0. The van der Waals surface area contributed by atoms with Crippen LogP contribution in [0.25, 0.3) is 139 Å². The van der Waals surface area contributed by atoms with Crippen LogP contribution in [0.2, 0.25) is 0 Å². The average molecular weight is 1420 g/mol. The second-order valence-corrected chi connectivity index (χ2v) is 25.7. The van der Waals surface area contributed by atoms with Gasteiger partial charge in [0.15, 0.2) is 0 Å². The Bertz CT molecular complexity index is 4440. The molecular formula is C85H54Br4N2. The van der Waals surface area contributed by atoms with Crippen molar-refractivity contribution < 1.29 is 4.79 Å². The number of benzene rings is 14. The SMILES string of the molecule is [N-]=[N+]=C(c1c(Br)cc(-c2c(-c3ccccc3)c(-c3ccccc3)c(-c3ccccc3)c(-c3ccccc3)c2-c2ccccc2)cc1Br)c1c(Br)cc(-c2c(-c3ccccc3)c(-c3ccccc3)c(-c3ccccc3)c(-c3ccccc3)c2-c2ccccc2)cc1Br. The summed E-state index contributed by atoms with van der Waals surface area (Å²) in [7, 11) is 0. The molecule has 0 bridgehead atoms. The van der Waals surface area contributed by atoms with E-state index in [0.717, 1.165) is 151 Å². The van der Waals surface area contributed by atoms with Gasteiger partial charge >= 0.3 is 5.71 Å². The quantitative estimate of drug-likeness (QED) is 0.0591. The van der Waals surface area contributed by atoms with Crippen molar-refractivity contribution in [2.45, 2.75) is 0 Å². The summed E-state index contributed by atoms with van der Waals surface area (Å²) in [6, 6.07) is 117. The van der Waals surface area contributed by atoms with Gasteiger partial charge in [0.05, 0.1) is 11.1 Å². The maximum Gasteiger partial charge on any atom is 0.334 e. The van der Waals surface area contributed by atoms with Crippen molar-refractivity contribution in [2.24, 2.45) is 0 Å². The summed E-state index contributed by atoms with van der Waals surface area (Å²) in [6.07, 6.45) is 0. The highest BCUT2D eigenvalue weighted by atomic mass is 79.9. The average Bonchev–Trinajstić information content (AvgIpc) is 0.730. The van der Waals surface area contributed by atoms with Crippen molar-refractivity contribution >= 4 is 69.4 Å². The molecule has 0 radical (unpaired) electrons. The van der Waals surface area contributed by atoms with Gasteiger partial charge < -0.3 is 5.53 Å². The van der Waals surface area contributed by atoms with Gasteiger partial charge in [0.2, 0.25) is 0 Å². The van der Waals surface area contributed by atoms with E-state index in [1.807, 2.05) is 0 Å². The molecule has 14 aromatic carbocycles. The molecule has 0 aliphatic rings. The number of hydrogen-bond donors (Lipinski definition) is 0. The Morgan fingerprint density at radius 1 is 0.187 bits per heavy atom. The molecule has 0 aliphatic carbocycles. The predicted octanol–water partition coefficient (Wildman–Crippen LogP) is 25.8. The number of halogens is 4. The maximum atomic E-state index is 11.7. The third-order valence-electron chi connectivity index (χ3n) is 16.9. The fraction of sp³-hybridized carbons (Fsp3) is 0. The minimum atomic E-state index is 0.345. The van der Waals surface area contributed by atoms with E-state index in [4.69, 9.17) is 0 Å². The molecule has 2 nitrogen and oxygen atoms in total. The fourth-order valence-electron chi connectivity index (χ4n) is 13.1. The number of nitrogens with zero attached hydrogens (tertiary/aromatic N) is 2. The molecule has 14 aromatic rings. The van der Waals surface area contributed by atoms with Crippen LogP contribution in [-0.2, 0) is 0 Å². The lowest BCUT2D eigenvalue weighted by Crippen LogP contribution is -2.10. The van der Waals surface area contributed by atoms with Gasteiger partial charge in [0, 0.05) is 17.9 Å². The van der Waals surface area contributed by atoms with Gasteiger partial charge in [0.1, 0.15) is 0 Å². The first-order chi connectivity index (χ1) is 44.9. The van der Waals surface area contributed by atoms with Crippen LogP contribution in [0.15, 0.2) is 345 Å². The van der Waals surface area contributed by atoms with Gasteiger partial charge in [0.25, 0.3) is 0 Å². The van der Waals surface area contributed by atoms with Crippen LogP contribution in [0.5, 0.6) is 0 Å². The molecule has 0 spiro atoms. The third-order valence-corrected chi connectivity index (χ3v) is 19.4. The highest BCUT2D eigenvalue weighted by Gasteiger charge is 2.34. The molecule has 0 atom stereocenters. The molecule has 0 fully saturated rings. The zero-order valence-corrected chi connectivity index (χ0v) is 55.4. The Labute approximate surface area is 565 Å². The molecule has 0 aliphatic heterocycles. The fourth-order valence-corrected chi connectivity index (χ4v) is 16.2. The number of rotatable bonds is 14. The maximum absolute atomic E-state index is 11.7. The van der Waals surface area contributed by atoms with Gasteiger partial charge in [-0.1, -0.05) is 303 Å². The van der Waals surface area contributed by atoms with Gasteiger partial charge in [-0.25, -0.2) is 0 Å². The molecule has 0 N–H and O–H groups in total. The van der Waals surface area contributed by atoms with Crippen LogP contribution in [0.4, 0.5) is 0 Å². The topological polar surface area (TPSA) is 36.4 Å². The molecule has 14 rings (SSSR count). The summed E-state index contributed by atoms with van der Waals surface area (Å²) in [4.78, 5) is 4.24. The van der Waals surface area contributed by atoms with E-state index in [1.165, 1.54) is 0 Å². The van der Waals surface area contributed by atoms with Crippen LogP contribution >= 0.6 is 63.7 Å². The highest BCUT2D eigenvalue weighted by Crippen LogP contribution is 2.59. The second kappa shape index (κ2) is 26.4. The summed E-state index contributed by atoms with van der Waals surface area (Å²) < 4.78 is 2.87. The third kappa shape index (κ3) is 11.4. The van der Waals surface area contributed by atoms with E-state index < -0.39 is 0 Å². The lowest BCUT2D eigenvalue weighted by molar-refractivity contribution is -0.00300. The molecule has 0 saturated carbocycles. The Kier molecular flexibility index (Phi) is 17.2. The van der Waals surface area contributed by atoms with Crippen LogP contribution in [0.1, 0.15) is 11.1 Å². The Morgan fingerprint density at radius 3 is 0.429 bits per heavy atom. The summed E-state index contributed by atoms with van der Waals surface area (Å²) in [5.41, 5.74) is 39.3. The zero-order valence-electron chi connectivity index (χ0n) is 49.1. The Hall–Kier alpha value is -9.62. The largest absolute Gasteiger partial charge is 0.361 e. The van der Waals surface area contributed by atoms with Crippen molar-refractivity contribution in [3.05, 3.63) is 362 Å². The van der Waals surface area contributed by atoms with E-state index in [1.54, 1.807) is 0 Å². The molecule has 0 aromatic heterocycles. The first-order valence-electron chi connectivity index (χ1n) is 30.1. The first-order valence-corrected chi connectivity index (χ1v) is 33.3. The van der Waals surface area contributed by atoms with Gasteiger partial charge in [-0.3, -0.25) is 0 Å². The lowest BCUT2D eigenvalue weighted by atomic mass is 9.74.